The van der Waals surface area contributed by atoms with E-state index in [0.717, 1.165) is 34.6 Å². The van der Waals surface area contributed by atoms with Crippen molar-refractivity contribution in [1.82, 2.24) is 14.5 Å². The lowest BCUT2D eigenvalue weighted by Gasteiger charge is -2.17. The van der Waals surface area contributed by atoms with E-state index in [4.69, 9.17) is 14.1 Å². The predicted molar refractivity (Wildman–Crippen MR) is 145 cm³/mol. The second kappa shape index (κ2) is 9.21. The molecule has 192 valence electrons. The van der Waals surface area contributed by atoms with E-state index in [1.165, 1.54) is 31.6 Å². The molecule has 2 aromatic carbocycles. The molecule has 0 spiro atoms. The first-order valence-electron chi connectivity index (χ1n) is 12.2. The summed E-state index contributed by atoms with van der Waals surface area (Å²) in [6.07, 6.45) is 5.04. The lowest BCUT2D eigenvalue weighted by Crippen LogP contribution is -2.33. The highest BCUT2D eigenvalue weighted by Crippen LogP contribution is 2.46. The number of ether oxygens (including phenoxy) is 1. The van der Waals surface area contributed by atoms with Gasteiger partial charge in [-0.1, -0.05) is 12.1 Å². The number of carbonyl (C=O) groups excluding carboxylic acids is 2. The van der Waals surface area contributed by atoms with E-state index in [2.05, 4.69) is 4.98 Å². The van der Waals surface area contributed by atoms with Crippen molar-refractivity contribution in [1.29, 1.82) is 0 Å². The molecule has 9 nitrogen and oxygen atoms in total. The minimum absolute atomic E-state index is 0.150. The average Bonchev–Trinajstić information content (AvgIpc) is 3.47. The largest absolute Gasteiger partial charge is 0.497 e. The Hall–Kier alpha value is -4.31. The van der Waals surface area contributed by atoms with Crippen molar-refractivity contribution in [3.63, 3.8) is 0 Å². The molecule has 1 aliphatic carbocycles. The molecule has 1 fully saturated rings. The standard InChI is InChI=1S/C28H24N4O5S/c1-15(33)32(16(2)34)23-6-4-5-21-24-27(38-25(21)23)30-26(31(28(24)35)13-19-12-29-14-37-19)20-10-9-18(36-3)11-22(20)17-7-8-17/h4-6,9-12,14,17H,7-8,13H2,1-3H3. The highest BCUT2D eigenvalue weighted by molar-refractivity contribution is 7.26. The van der Waals surface area contributed by atoms with Gasteiger partial charge in [0.1, 0.15) is 22.2 Å². The first-order valence-corrected chi connectivity index (χ1v) is 13.0. The third-order valence-electron chi connectivity index (χ3n) is 6.78. The Bertz CT molecular complexity index is 1770. The van der Waals surface area contributed by atoms with Gasteiger partial charge >= 0.3 is 0 Å². The Morgan fingerprint density at radius 1 is 1.18 bits per heavy atom. The Labute approximate surface area is 221 Å². The number of fused-ring (bicyclic) bond motifs is 3. The lowest BCUT2D eigenvalue weighted by molar-refractivity contribution is -0.124. The molecule has 1 aliphatic rings. The summed E-state index contributed by atoms with van der Waals surface area (Å²) >= 11 is 1.30. The van der Waals surface area contributed by atoms with Crippen LogP contribution in [-0.2, 0) is 16.1 Å². The van der Waals surface area contributed by atoms with Gasteiger partial charge in [-0.05, 0) is 48.6 Å². The zero-order valence-corrected chi connectivity index (χ0v) is 21.9. The fourth-order valence-corrected chi connectivity index (χ4v) is 6.10. The minimum atomic E-state index is -0.397. The summed E-state index contributed by atoms with van der Waals surface area (Å²) in [6, 6.07) is 11.1. The molecule has 1 saturated carbocycles. The van der Waals surface area contributed by atoms with E-state index < -0.39 is 11.8 Å². The van der Waals surface area contributed by atoms with Crippen LogP contribution in [0.15, 0.2) is 58.2 Å². The fourth-order valence-electron chi connectivity index (χ4n) is 4.93. The average molecular weight is 529 g/mol. The number of aromatic nitrogens is 3. The summed E-state index contributed by atoms with van der Waals surface area (Å²) in [5.41, 5.74) is 2.15. The monoisotopic (exact) mass is 528 g/mol. The SMILES string of the molecule is COc1ccc(-c2nc3sc4c(N(C(C)=O)C(C)=O)cccc4c3c(=O)n2Cc2cnco2)c(C2CC2)c1. The van der Waals surface area contributed by atoms with Gasteiger partial charge in [-0.15, -0.1) is 11.3 Å². The summed E-state index contributed by atoms with van der Waals surface area (Å²) in [5, 5.41) is 1.08. The summed E-state index contributed by atoms with van der Waals surface area (Å²) in [7, 11) is 1.63. The summed E-state index contributed by atoms with van der Waals surface area (Å²) < 4.78 is 13.2. The zero-order valence-electron chi connectivity index (χ0n) is 21.1. The highest BCUT2D eigenvalue weighted by atomic mass is 32.1. The maximum atomic E-state index is 14.2. The van der Waals surface area contributed by atoms with Gasteiger partial charge in [0.2, 0.25) is 11.8 Å². The molecule has 0 N–H and O–H groups in total. The molecule has 0 atom stereocenters. The smallest absolute Gasteiger partial charge is 0.263 e. The molecule has 0 unspecified atom stereocenters. The number of carbonyl (C=O) groups is 2. The molecule has 5 aromatic rings. The fraction of sp³-hybridized carbons (Fsp3) is 0.250. The molecule has 6 rings (SSSR count). The van der Waals surface area contributed by atoms with Crippen molar-refractivity contribution >= 4 is 49.1 Å². The minimum Gasteiger partial charge on any atom is -0.497 e. The number of oxazole rings is 1. The predicted octanol–water partition coefficient (Wildman–Crippen LogP) is 5.10. The van der Waals surface area contributed by atoms with Crippen molar-refractivity contribution in [2.45, 2.75) is 39.2 Å². The van der Waals surface area contributed by atoms with E-state index in [1.54, 1.807) is 30.0 Å². The van der Waals surface area contributed by atoms with Gasteiger partial charge in [0.25, 0.3) is 5.56 Å². The van der Waals surface area contributed by atoms with Gasteiger partial charge in [0, 0.05) is 24.8 Å². The number of amides is 2. The molecular weight excluding hydrogens is 504 g/mol. The normalized spacial score (nSPS) is 13.2. The quantitative estimate of drug-likeness (QED) is 0.302. The number of methoxy groups -OCH3 is 1. The molecule has 0 bridgehead atoms. The molecule has 38 heavy (non-hydrogen) atoms. The highest BCUT2D eigenvalue weighted by Gasteiger charge is 2.30. The summed E-state index contributed by atoms with van der Waals surface area (Å²) in [6.45, 7) is 2.84. The van der Waals surface area contributed by atoms with Crippen LogP contribution < -0.4 is 15.2 Å². The number of anilines is 1. The first-order chi connectivity index (χ1) is 18.4. The van der Waals surface area contributed by atoms with Crippen LogP contribution in [0.5, 0.6) is 5.75 Å². The molecule has 0 aliphatic heterocycles. The topological polar surface area (TPSA) is 108 Å². The molecule has 0 saturated heterocycles. The molecule has 3 heterocycles. The van der Waals surface area contributed by atoms with E-state index >= 15 is 0 Å². The Morgan fingerprint density at radius 3 is 2.63 bits per heavy atom. The van der Waals surface area contributed by atoms with Gasteiger partial charge in [-0.3, -0.25) is 19.0 Å². The van der Waals surface area contributed by atoms with Crippen LogP contribution in [0.3, 0.4) is 0 Å². The van der Waals surface area contributed by atoms with E-state index in [1.807, 2.05) is 24.3 Å². The number of hydrogen-bond donors (Lipinski definition) is 0. The van der Waals surface area contributed by atoms with Crippen molar-refractivity contribution in [3.05, 3.63) is 70.7 Å². The van der Waals surface area contributed by atoms with Crippen LogP contribution in [0, 0.1) is 0 Å². The number of benzene rings is 2. The number of imide groups is 1. The van der Waals surface area contributed by atoms with Gasteiger partial charge in [0.05, 0.1) is 35.6 Å². The number of thiophene rings is 1. The van der Waals surface area contributed by atoms with E-state index in [-0.39, 0.29) is 12.1 Å². The maximum Gasteiger partial charge on any atom is 0.263 e. The van der Waals surface area contributed by atoms with E-state index in [9.17, 15) is 14.4 Å². The molecule has 10 heteroatoms. The first kappa shape index (κ1) is 24.1. The van der Waals surface area contributed by atoms with Crippen molar-refractivity contribution in [2.24, 2.45) is 0 Å². The summed E-state index contributed by atoms with van der Waals surface area (Å²) in [4.78, 5) is 49.6. The van der Waals surface area contributed by atoms with Crippen LogP contribution in [-0.4, -0.2) is 33.5 Å². The van der Waals surface area contributed by atoms with E-state index in [0.29, 0.717) is 43.5 Å². The van der Waals surface area contributed by atoms with Crippen LogP contribution in [0.1, 0.15) is 43.9 Å². The third-order valence-corrected chi connectivity index (χ3v) is 7.91. The van der Waals surface area contributed by atoms with Crippen molar-refractivity contribution in [2.75, 3.05) is 12.0 Å². The third kappa shape index (κ3) is 3.97. The number of nitrogens with zero attached hydrogens (tertiary/aromatic N) is 4. The zero-order chi connectivity index (χ0) is 26.6. The molecule has 3 aromatic heterocycles. The Balaban J connectivity index is 1.66. The van der Waals surface area contributed by atoms with Crippen molar-refractivity contribution < 1.29 is 18.7 Å². The second-order valence-corrected chi connectivity index (χ2v) is 10.3. The second-order valence-electron chi connectivity index (χ2n) is 9.33. The van der Waals surface area contributed by atoms with Crippen LogP contribution in [0.2, 0.25) is 0 Å². The van der Waals surface area contributed by atoms with Gasteiger partial charge in [-0.2, -0.15) is 0 Å². The van der Waals surface area contributed by atoms with Crippen molar-refractivity contribution in [3.8, 4) is 17.1 Å². The lowest BCUT2D eigenvalue weighted by atomic mass is 10.0. The van der Waals surface area contributed by atoms with Crippen LogP contribution in [0.25, 0.3) is 31.7 Å². The van der Waals surface area contributed by atoms with Gasteiger partial charge < -0.3 is 9.15 Å². The Morgan fingerprint density at radius 2 is 1.97 bits per heavy atom. The maximum absolute atomic E-state index is 14.2. The van der Waals surface area contributed by atoms with Gasteiger partial charge in [0.15, 0.2) is 6.39 Å². The van der Waals surface area contributed by atoms with Crippen LogP contribution >= 0.6 is 11.3 Å². The van der Waals surface area contributed by atoms with Crippen LogP contribution in [0.4, 0.5) is 5.69 Å². The molecule has 2 amide bonds. The van der Waals surface area contributed by atoms with Gasteiger partial charge in [-0.25, -0.2) is 14.9 Å². The molecule has 0 radical (unpaired) electrons. The molecular formula is C28H24N4O5S. The number of rotatable bonds is 6. The summed E-state index contributed by atoms with van der Waals surface area (Å²) in [5.74, 6) is 1.38. The number of hydrogen-bond acceptors (Lipinski definition) is 8. The Kier molecular flexibility index (Phi) is 5.83.